The zero-order valence-corrected chi connectivity index (χ0v) is 13.3. The van der Waals surface area contributed by atoms with Crippen LogP contribution < -0.4 is 0 Å². The number of hydrogen-bond donors (Lipinski definition) is 0. The Bertz CT molecular complexity index is 443. The Morgan fingerprint density at radius 2 is 2.11 bits per heavy atom. The third-order valence-corrected chi connectivity index (χ3v) is 5.23. The lowest BCUT2D eigenvalue weighted by Crippen LogP contribution is -2.47. The van der Waals surface area contributed by atoms with Crippen molar-refractivity contribution < 1.29 is 4.79 Å². The Labute approximate surface area is 121 Å². The smallest absolute Gasteiger partial charge is 0.254 e. The standard InChI is InChI=1S/C14H18BrNOS/c1-9-6-12(8-13(15)7-9)14(17)16-4-5-18-11(3)10(16)2/h6-8,10-11H,4-5H2,1-3H3. The molecule has 0 spiro atoms. The van der Waals surface area contributed by atoms with Gasteiger partial charge < -0.3 is 4.90 Å². The molecule has 0 aromatic heterocycles. The van der Waals surface area contributed by atoms with Crippen LogP contribution in [0.5, 0.6) is 0 Å². The molecule has 0 radical (unpaired) electrons. The van der Waals surface area contributed by atoms with Crippen molar-refractivity contribution in [2.45, 2.75) is 32.1 Å². The van der Waals surface area contributed by atoms with Gasteiger partial charge in [-0.2, -0.15) is 11.8 Å². The summed E-state index contributed by atoms with van der Waals surface area (Å²) in [5, 5.41) is 0.510. The number of carbonyl (C=O) groups is 1. The fourth-order valence-electron chi connectivity index (χ4n) is 2.25. The van der Waals surface area contributed by atoms with Gasteiger partial charge >= 0.3 is 0 Å². The molecule has 0 aliphatic carbocycles. The quantitative estimate of drug-likeness (QED) is 0.783. The van der Waals surface area contributed by atoms with Crippen molar-refractivity contribution in [2.24, 2.45) is 0 Å². The highest BCUT2D eigenvalue weighted by Crippen LogP contribution is 2.26. The van der Waals surface area contributed by atoms with Crippen LogP contribution in [0, 0.1) is 6.92 Å². The van der Waals surface area contributed by atoms with Crippen molar-refractivity contribution in [1.29, 1.82) is 0 Å². The third-order valence-electron chi connectivity index (χ3n) is 3.43. The van der Waals surface area contributed by atoms with Crippen LogP contribution >= 0.6 is 27.7 Å². The van der Waals surface area contributed by atoms with Crippen LogP contribution in [-0.2, 0) is 0 Å². The maximum atomic E-state index is 12.6. The first-order valence-electron chi connectivity index (χ1n) is 6.19. The summed E-state index contributed by atoms with van der Waals surface area (Å²) in [6.45, 7) is 7.20. The monoisotopic (exact) mass is 327 g/mol. The molecular weight excluding hydrogens is 310 g/mol. The molecule has 2 unspecified atom stereocenters. The Hall–Kier alpha value is -0.480. The molecule has 98 valence electrons. The van der Waals surface area contributed by atoms with E-state index in [0.717, 1.165) is 27.9 Å². The van der Waals surface area contributed by atoms with E-state index >= 15 is 0 Å². The number of thioether (sulfide) groups is 1. The third kappa shape index (κ3) is 2.91. The largest absolute Gasteiger partial charge is 0.334 e. The molecular formula is C14H18BrNOS. The number of nitrogens with zero attached hydrogens (tertiary/aromatic N) is 1. The van der Waals surface area contributed by atoms with E-state index in [1.807, 2.05) is 41.8 Å². The summed E-state index contributed by atoms with van der Waals surface area (Å²) in [7, 11) is 0. The average molecular weight is 328 g/mol. The molecule has 18 heavy (non-hydrogen) atoms. The lowest BCUT2D eigenvalue weighted by Gasteiger charge is -2.37. The normalized spacial score (nSPS) is 24.1. The SMILES string of the molecule is Cc1cc(Br)cc(C(=O)N2CCSC(C)C2C)c1. The van der Waals surface area contributed by atoms with Gasteiger partial charge in [0, 0.05) is 33.6 Å². The van der Waals surface area contributed by atoms with Crippen molar-refractivity contribution in [3.8, 4) is 0 Å². The van der Waals surface area contributed by atoms with Crippen molar-refractivity contribution in [3.05, 3.63) is 33.8 Å². The average Bonchev–Trinajstić information content (AvgIpc) is 2.30. The van der Waals surface area contributed by atoms with Gasteiger partial charge in [-0.3, -0.25) is 4.79 Å². The molecule has 1 aromatic rings. The van der Waals surface area contributed by atoms with E-state index in [1.54, 1.807) is 0 Å². The molecule has 0 saturated carbocycles. The molecule has 2 nitrogen and oxygen atoms in total. The minimum absolute atomic E-state index is 0.152. The Morgan fingerprint density at radius 3 is 2.78 bits per heavy atom. The highest BCUT2D eigenvalue weighted by molar-refractivity contribution is 9.10. The van der Waals surface area contributed by atoms with Crippen molar-refractivity contribution in [1.82, 2.24) is 4.90 Å². The second-order valence-corrected chi connectivity index (χ2v) is 7.23. The number of carbonyl (C=O) groups excluding carboxylic acids is 1. The van der Waals surface area contributed by atoms with Crippen LogP contribution in [0.2, 0.25) is 0 Å². The number of hydrogen-bond acceptors (Lipinski definition) is 2. The number of aryl methyl sites for hydroxylation is 1. The topological polar surface area (TPSA) is 20.3 Å². The van der Waals surface area contributed by atoms with Gasteiger partial charge in [-0.25, -0.2) is 0 Å². The van der Waals surface area contributed by atoms with Crippen molar-refractivity contribution in [3.63, 3.8) is 0 Å². The van der Waals surface area contributed by atoms with Crippen LogP contribution in [-0.4, -0.2) is 34.4 Å². The minimum Gasteiger partial charge on any atom is -0.334 e. The van der Waals surface area contributed by atoms with E-state index in [4.69, 9.17) is 0 Å². The number of rotatable bonds is 1. The van der Waals surface area contributed by atoms with E-state index in [1.165, 1.54) is 0 Å². The van der Waals surface area contributed by atoms with E-state index in [-0.39, 0.29) is 5.91 Å². The summed E-state index contributed by atoms with van der Waals surface area (Å²) < 4.78 is 0.970. The zero-order chi connectivity index (χ0) is 13.3. The van der Waals surface area contributed by atoms with Gasteiger partial charge in [-0.1, -0.05) is 22.9 Å². The van der Waals surface area contributed by atoms with Gasteiger partial charge in [0.05, 0.1) is 0 Å². The van der Waals surface area contributed by atoms with Crippen LogP contribution in [0.4, 0.5) is 0 Å². The molecule has 0 bridgehead atoms. The second kappa shape index (κ2) is 5.66. The lowest BCUT2D eigenvalue weighted by molar-refractivity contribution is 0.0698. The molecule has 1 aliphatic rings. The summed E-state index contributed by atoms with van der Waals surface area (Å²) in [5.41, 5.74) is 1.90. The first kappa shape index (κ1) is 13.9. The minimum atomic E-state index is 0.152. The molecule has 2 rings (SSSR count). The van der Waals surface area contributed by atoms with Gasteiger partial charge in [0.15, 0.2) is 0 Å². The molecule has 1 heterocycles. The maximum Gasteiger partial charge on any atom is 0.254 e. The van der Waals surface area contributed by atoms with Gasteiger partial charge in [-0.15, -0.1) is 0 Å². The Morgan fingerprint density at radius 1 is 1.39 bits per heavy atom. The van der Waals surface area contributed by atoms with Gasteiger partial charge in [0.2, 0.25) is 0 Å². The summed E-state index contributed by atoms with van der Waals surface area (Å²) in [5.74, 6) is 1.18. The van der Waals surface area contributed by atoms with Crippen LogP contribution in [0.3, 0.4) is 0 Å². The van der Waals surface area contributed by atoms with Crippen molar-refractivity contribution in [2.75, 3.05) is 12.3 Å². The highest BCUT2D eigenvalue weighted by Gasteiger charge is 2.29. The highest BCUT2D eigenvalue weighted by atomic mass is 79.9. The van der Waals surface area contributed by atoms with Crippen LogP contribution in [0.25, 0.3) is 0 Å². The fraction of sp³-hybridized carbons (Fsp3) is 0.500. The molecule has 1 aromatic carbocycles. The molecule has 2 atom stereocenters. The van der Waals surface area contributed by atoms with Crippen LogP contribution in [0.1, 0.15) is 29.8 Å². The van der Waals surface area contributed by atoms with E-state index in [2.05, 4.69) is 29.8 Å². The van der Waals surface area contributed by atoms with E-state index < -0.39 is 0 Å². The summed E-state index contributed by atoms with van der Waals surface area (Å²) in [4.78, 5) is 14.6. The maximum absolute atomic E-state index is 12.6. The summed E-state index contributed by atoms with van der Waals surface area (Å²) in [6.07, 6.45) is 0. The second-order valence-electron chi connectivity index (χ2n) is 4.83. The van der Waals surface area contributed by atoms with Gasteiger partial charge in [0.1, 0.15) is 0 Å². The number of halogens is 1. The number of benzene rings is 1. The predicted octanol–water partition coefficient (Wildman–Crippen LogP) is 3.72. The van der Waals surface area contributed by atoms with Gasteiger partial charge in [0.25, 0.3) is 5.91 Å². The molecule has 0 N–H and O–H groups in total. The van der Waals surface area contributed by atoms with Crippen LogP contribution in [0.15, 0.2) is 22.7 Å². The van der Waals surface area contributed by atoms with E-state index in [0.29, 0.717) is 11.3 Å². The molecule has 1 saturated heterocycles. The predicted molar refractivity (Wildman–Crippen MR) is 81.3 cm³/mol. The molecule has 1 aliphatic heterocycles. The molecule has 1 amide bonds. The zero-order valence-electron chi connectivity index (χ0n) is 10.9. The Balaban J connectivity index is 2.24. The van der Waals surface area contributed by atoms with Crippen molar-refractivity contribution >= 4 is 33.6 Å². The first-order chi connectivity index (χ1) is 8.49. The van der Waals surface area contributed by atoms with Gasteiger partial charge in [-0.05, 0) is 37.6 Å². The Kier molecular flexibility index (Phi) is 4.38. The summed E-state index contributed by atoms with van der Waals surface area (Å²) >= 11 is 5.40. The summed E-state index contributed by atoms with van der Waals surface area (Å²) in [6, 6.07) is 6.20. The number of amides is 1. The fourth-order valence-corrected chi connectivity index (χ4v) is 3.95. The molecule has 1 fully saturated rings. The van der Waals surface area contributed by atoms with E-state index in [9.17, 15) is 4.79 Å². The first-order valence-corrected chi connectivity index (χ1v) is 8.03. The molecule has 4 heteroatoms. The lowest BCUT2D eigenvalue weighted by atomic mass is 10.1.